The van der Waals surface area contributed by atoms with Crippen molar-refractivity contribution in [2.24, 2.45) is 5.10 Å². The van der Waals surface area contributed by atoms with E-state index in [1.165, 1.54) is 29.3 Å². The first kappa shape index (κ1) is 23.5. The quantitative estimate of drug-likeness (QED) is 0.522. The number of hydrogen-bond acceptors (Lipinski definition) is 4. The van der Waals surface area contributed by atoms with Crippen molar-refractivity contribution in [1.82, 2.24) is 5.01 Å². The maximum atomic E-state index is 12.8. The van der Waals surface area contributed by atoms with Crippen molar-refractivity contribution in [3.8, 4) is 0 Å². The molecule has 0 aromatic heterocycles. The van der Waals surface area contributed by atoms with Crippen LogP contribution in [0.4, 0.5) is 23.7 Å². The average Bonchev–Trinajstić information content (AvgIpc) is 3.25. The van der Waals surface area contributed by atoms with Crippen LogP contribution in [0.5, 0.6) is 0 Å². The highest BCUT2D eigenvalue weighted by Gasteiger charge is 2.33. The summed E-state index contributed by atoms with van der Waals surface area (Å²) in [5.74, 6) is -1.65. The molecule has 1 N–H and O–H groups in total. The molecule has 1 heterocycles. The van der Waals surface area contributed by atoms with Gasteiger partial charge in [0.15, 0.2) is 0 Å². The summed E-state index contributed by atoms with van der Waals surface area (Å²) < 4.78 is 39.2. The molecule has 0 bridgehead atoms. The van der Waals surface area contributed by atoms with Crippen LogP contribution < -0.4 is 10.4 Å². The Kier molecular flexibility index (Phi) is 6.43. The second kappa shape index (κ2) is 9.30. The first-order valence-electron chi connectivity index (χ1n) is 10.0. The van der Waals surface area contributed by atoms with E-state index in [9.17, 15) is 27.9 Å². The number of rotatable bonds is 4. The molecule has 6 nitrogen and oxygen atoms in total. The third kappa shape index (κ3) is 5.12. The number of halogens is 4. The first-order chi connectivity index (χ1) is 16.1. The summed E-state index contributed by atoms with van der Waals surface area (Å²) in [6.45, 7) is 0.155. The van der Waals surface area contributed by atoms with Gasteiger partial charge in [0.1, 0.15) is 0 Å². The summed E-state index contributed by atoms with van der Waals surface area (Å²) in [5.41, 5.74) is 1.51. The molecule has 4 rings (SSSR count). The summed E-state index contributed by atoms with van der Waals surface area (Å²) in [4.78, 5) is 23.9. The fourth-order valence-corrected chi connectivity index (χ4v) is 3.82. The highest BCUT2D eigenvalue weighted by molar-refractivity contribution is 9.10. The minimum atomic E-state index is -4.47. The van der Waals surface area contributed by atoms with Crippen molar-refractivity contribution in [2.75, 3.05) is 11.9 Å². The lowest BCUT2D eigenvalue weighted by Gasteiger charge is -2.17. The third-order valence-electron chi connectivity index (χ3n) is 5.30. The van der Waals surface area contributed by atoms with E-state index in [1.807, 2.05) is 24.3 Å². The minimum absolute atomic E-state index is 0.0285. The molecule has 0 saturated carbocycles. The monoisotopic (exact) mass is 530 g/mol. The Hall–Kier alpha value is -3.66. The molecule has 10 heteroatoms. The number of aromatic carboxylic acids is 1. The molecule has 34 heavy (non-hydrogen) atoms. The van der Waals surface area contributed by atoms with Crippen LogP contribution in [0, 0.1) is 0 Å². The summed E-state index contributed by atoms with van der Waals surface area (Å²) in [5, 5.41) is 19.3. The predicted octanol–water partition coefficient (Wildman–Crippen LogP) is 4.87. The smallest absolute Gasteiger partial charge is 0.416 e. The van der Waals surface area contributed by atoms with Gasteiger partial charge in [0.25, 0.3) is 0 Å². The molecule has 0 spiro atoms. The number of nitrogens with one attached hydrogen (secondary N) is 1. The van der Waals surface area contributed by atoms with E-state index in [2.05, 4.69) is 26.3 Å². The second-order valence-electron chi connectivity index (χ2n) is 7.54. The molecule has 0 fully saturated rings. The van der Waals surface area contributed by atoms with E-state index in [1.54, 1.807) is 12.1 Å². The van der Waals surface area contributed by atoms with E-state index >= 15 is 0 Å². The Morgan fingerprint density at radius 1 is 0.971 bits per heavy atom. The summed E-state index contributed by atoms with van der Waals surface area (Å²) >= 11 is 3.38. The summed E-state index contributed by atoms with van der Waals surface area (Å²) in [6.07, 6.45) is -4.47. The van der Waals surface area contributed by atoms with Gasteiger partial charge in [-0.05, 0) is 53.1 Å². The standard InChI is InChI=1S/C24H17BrF3N3O3/c25-18-9-5-15(6-10-18)21-20(14-1-3-16(4-2-14)22(32)33)13-31(30-21)23(34)29-19-11-7-17(8-12-19)24(26,27)28/h1-12,20H,13H2,(H,29,34)(H,32,33)/p-1. The average molecular weight is 531 g/mol. The lowest BCUT2D eigenvalue weighted by atomic mass is 9.90. The molecule has 1 aliphatic heterocycles. The fourth-order valence-electron chi connectivity index (χ4n) is 3.55. The van der Waals surface area contributed by atoms with Gasteiger partial charge in [0.05, 0.1) is 23.8 Å². The Balaban J connectivity index is 1.59. The van der Waals surface area contributed by atoms with Crippen molar-refractivity contribution >= 4 is 39.3 Å². The number of hydrazone groups is 1. The summed E-state index contributed by atoms with van der Waals surface area (Å²) in [6, 6.07) is 17.0. The Bertz CT molecular complexity index is 1240. The van der Waals surface area contributed by atoms with Crippen LogP contribution in [-0.2, 0) is 6.18 Å². The number of carboxylic acid groups (broad SMARTS) is 1. The maximum absolute atomic E-state index is 12.8. The van der Waals surface area contributed by atoms with Gasteiger partial charge in [0, 0.05) is 16.1 Å². The fraction of sp³-hybridized carbons (Fsp3) is 0.125. The van der Waals surface area contributed by atoms with Gasteiger partial charge in [-0.25, -0.2) is 9.80 Å². The van der Waals surface area contributed by atoms with Crippen LogP contribution in [0.1, 0.15) is 33.0 Å². The molecule has 174 valence electrons. The number of anilines is 1. The highest BCUT2D eigenvalue weighted by atomic mass is 79.9. The summed E-state index contributed by atoms with van der Waals surface area (Å²) in [7, 11) is 0. The van der Waals surface area contributed by atoms with E-state index in [0.29, 0.717) is 5.71 Å². The molecule has 0 radical (unpaired) electrons. The van der Waals surface area contributed by atoms with E-state index < -0.39 is 23.7 Å². The number of nitrogens with zero attached hydrogens (tertiary/aromatic N) is 2. The SMILES string of the molecule is O=C([O-])c1ccc(C2CN(C(=O)Nc3ccc(C(F)(F)F)cc3)N=C2c2ccc(Br)cc2)cc1. The molecule has 0 aliphatic carbocycles. The zero-order valence-corrected chi connectivity index (χ0v) is 18.9. The topological polar surface area (TPSA) is 84.8 Å². The number of alkyl halides is 3. The molecular weight excluding hydrogens is 515 g/mol. The van der Waals surface area contributed by atoms with Gasteiger partial charge in [-0.2, -0.15) is 18.3 Å². The normalized spacial score (nSPS) is 15.7. The zero-order valence-electron chi connectivity index (χ0n) is 17.3. The van der Waals surface area contributed by atoms with Gasteiger partial charge in [-0.15, -0.1) is 0 Å². The van der Waals surface area contributed by atoms with Gasteiger partial charge >= 0.3 is 12.2 Å². The Labute approximate surface area is 200 Å². The molecule has 3 aromatic carbocycles. The second-order valence-corrected chi connectivity index (χ2v) is 8.46. The van der Waals surface area contributed by atoms with Crippen molar-refractivity contribution in [2.45, 2.75) is 12.1 Å². The van der Waals surface area contributed by atoms with Crippen LogP contribution in [0.15, 0.2) is 82.4 Å². The molecule has 2 amide bonds. The maximum Gasteiger partial charge on any atom is 0.416 e. The Morgan fingerprint density at radius 2 is 1.59 bits per heavy atom. The van der Waals surface area contributed by atoms with Crippen LogP contribution in [0.2, 0.25) is 0 Å². The molecule has 3 aromatic rings. The van der Waals surface area contributed by atoms with Crippen LogP contribution in [0.25, 0.3) is 0 Å². The van der Waals surface area contributed by atoms with Gasteiger partial charge < -0.3 is 15.2 Å². The zero-order chi connectivity index (χ0) is 24.5. The number of carbonyl (C=O) groups is 2. The number of benzene rings is 3. The highest BCUT2D eigenvalue weighted by Crippen LogP contribution is 2.32. The molecular formula is C24H16BrF3N3O3-. The number of hydrogen-bond donors (Lipinski definition) is 1. The van der Waals surface area contributed by atoms with E-state index in [-0.39, 0.29) is 23.7 Å². The van der Waals surface area contributed by atoms with Gasteiger partial charge in [0.2, 0.25) is 0 Å². The van der Waals surface area contributed by atoms with Crippen LogP contribution in [0.3, 0.4) is 0 Å². The van der Waals surface area contributed by atoms with Gasteiger partial charge in [-0.1, -0.05) is 52.3 Å². The number of carbonyl (C=O) groups excluding carboxylic acids is 2. The molecule has 1 unspecified atom stereocenters. The third-order valence-corrected chi connectivity index (χ3v) is 5.83. The number of amides is 2. The largest absolute Gasteiger partial charge is 0.545 e. The molecule has 0 saturated heterocycles. The van der Waals surface area contributed by atoms with Crippen molar-refractivity contribution in [1.29, 1.82) is 0 Å². The van der Waals surface area contributed by atoms with Crippen molar-refractivity contribution in [3.63, 3.8) is 0 Å². The van der Waals surface area contributed by atoms with Crippen LogP contribution >= 0.6 is 15.9 Å². The lowest BCUT2D eigenvalue weighted by molar-refractivity contribution is -0.255. The predicted molar refractivity (Wildman–Crippen MR) is 121 cm³/mol. The van der Waals surface area contributed by atoms with E-state index in [4.69, 9.17) is 0 Å². The van der Waals surface area contributed by atoms with Gasteiger partial charge in [-0.3, -0.25) is 0 Å². The molecule has 1 aliphatic rings. The van der Waals surface area contributed by atoms with Crippen molar-refractivity contribution in [3.05, 3.63) is 99.5 Å². The van der Waals surface area contributed by atoms with Crippen molar-refractivity contribution < 1.29 is 27.9 Å². The van der Waals surface area contributed by atoms with Crippen LogP contribution in [-0.4, -0.2) is 29.3 Å². The number of carboxylic acids is 1. The van der Waals surface area contributed by atoms with E-state index in [0.717, 1.165) is 27.7 Å². The first-order valence-corrected chi connectivity index (χ1v) is 10.8. The lowest BCUT2D eigenvalue weighted by Crippen LogP contribution is -2.30. The Morgan fingerprint density at radius 3 is 2.15 bits per heavy atom. The molecule has 1 atom stereocenters. The minimum Gasteiger partial charge on any atom is -0.545 e. The number of urea groups is 1.